The summed E-state index contributed by atoms with van der Waals surface area (Å²) >= 11 is 0. The van der Waals surface area contributed by atoms with Crippen LogP contribution in [0.1, 0.15) is 11.1 Å². The topological polar surface area (TPSA) is 52.3 Å². The Hall–Kier alpha value is -3.99. The van der Waals surface area contributed by atoms with Gasteiger partial charge in [0.15, 0.2) is 0 Å². The molecule has 0 fully saturated rings. The van der Waals surface area contributed by atoms with E-state index in [1.54, 1.807) is 11.6 Å². The molecule has 5 aromatic rings. The molecule has 5 nitrogen and oxygen atoms in total. The van der Waals surface area contributed by atoms with Gasteiger partial charge in [0.25, 0.3) is 5.78 Å². The van der Waals surface area contributed by atoms with Crippen molar-refractivity contribution in [3.05, 3.63) is 90.1 Å². The molecule has 0 aliphatic heterocycles. The lowest BCUT2D eigenvalue weighted by Gasteiger charge is -2.09. The van der Waals surface area contributed by atoms with E-state index in [0.717, 1.165) is 39.5 Å². The van der Waals surface area contributed by atoms with Crippen molar-refractivity contribution in [2.75, 3.05) is 7.11 Å². The summed E-state index contributed by atoms with van der Waals surface area (Å²) in [6.07, 6.45) is 1.90. The van der Waals surface area contributed by atoms with E-state index >= 15 is 0 Å². The van der Waals surface area contributed by atoms with E-state index in [-0.39, 0.29) is 0 Å². The molecule has 3 aromatic carbocycles. The lowest BCUT2D eigenvalue weighted by molar-refractivity contribution is 0.416. The van der Waals surface area contributed by atoms with Crippen LogP contribution >= 0.6 is 0 Å². The van der Waals surface area contributed by atoms with Crippen LogP contribution in [0.5, 0.6) is 5.75 Å². The number of benzene rings is 3. The van der Waals surface area contributed by atoms with E-state index in [4.69, 9.17) is 19.8 Å². The fourth-order valence-electron chi connectivity index (χ4n) is 3.62. The molecular formula is C26H22N4O. The van der Waals surface area contributed by atoms with Crippen molar-refractivity contribution in [3.8, 4) is 39.5 Å². The van der Waals surface area contributed by atoms with Crippen molar-refractivity contribution >= 4 is 5.78 Å². The van der Waals surface area contributed by atoms with Gasteiger partial charge >= 0.3 is 0 Å². The molecule has 0 atom stereocenters. The summed E-state index contributed by atoms with van der Waals surface area (Å²) < 4.78 is 7.26. The smallest absolute Gasteiger partial charge is 0.251 e. The van der Waals surface area contributed by atoms with Crippen LogP contribution < -0.4 is 4.74 Å². The number of imidazole rings is 1. The Morgan fingerprint density at radius 2 is 1.32 bits per heavy atom. The molecule has 5 rings (SSSR count). The molecule has 152 valence electrons. The van der Waals surface area contributed by atoms with Gasteiger partial charge in [-0.15, -0.1) is 0 Å². The Morgan fingerprint density at radius 3 is 1.97 bits per heavy atom. The molecule has 0 saturated carbocycles. The van der Waals surface area contributed by atoms with Crippen LogP contribution in [0.25, 0.3) is 39.5 Å². The number of ether oxygens (including phenoxy) is 1. The fraction of sp³-hybridized carbons (Fsp3) is 0.115. The lowest BCUT2D eigenvalue weighted by atomic mass is 10.0. The summed E-state index contributed by atoms with van der Waals surface area (Å²) in [4.78, 5) is 9.68. The van der Waals surface area contributed by atoms with Gasteiger partial charge in [0, 0.05) is 16.7 Å². The van der Waals surface area contributed by atoms with E-state index in [0.29, 0.717) is 5.78 Å². The molecular weight excluding hydrogens is 384 g/mol. The summed E-state index contributed by atoms with van der Waals surface area (Å²) in [6, 6.07) is 24.5. The first-order chi connectivity index (χ1) is 15.1. The number of fused-ring (bicyclic) bond motifs is 1. The number of methoxy groups -OCH3 is 1. The molecule has 0 N–H and O–H groups in total. The van der Waals surface area contributed by atoms with Crippen LogP contribution in [0.2, 0.25) is 0 Å². The zero-order valence-electron chi connectivity index (χ0n) is 17.7. The summed E-state index contributed by atoms with van der Waals surface area (Å²) in [6.45, 7) is 4.16. The number of nitrogens with zero attached hydrogens (tertiary/aromatic N) is 4. The minimum absolute atomic E-state index is 0.548. The highest BCUT2D eigenvalue weighted by atomic mass is 16.5. The Kier molecular flexibility index (Phi) is 4.71. The second-order valence-electron chi connectivity index (χ2n) is 7.61. The minimum atomic E-state index is 0.548. The van der Waals surface area contributed by atoms with Crippen LogP contribution in [0.3, 0.4) is 0 Å². The third kappa shape index (κ3) is 3.55. The molecule has 0 saturated heterocycles. The largest absolute Gasteiger partial charge is 0.496 e. The van der Waals surface area contributed by atoms with Crippen LogP contribution in [0.4, 0.5) is 0 Å². The first-order valence-corrected chi connectivity index (χ1v) is 10.2. The maximum atomic E-state index is 5.51. The van der Waals surface area contributed by atoms with E-state index in [1.807, 2.05) is 30.5 Å². The second kappa shape index (κ2) is 7.69. The molecule has 2 heterocycles. The summed E-state index contributed by atoms with van der Waals surface area (Å²) in [5.74, 6) is 1.32. The SMILES string of the molecule is COc1ccccc1-c1cn2nc(-c3ccc(C)cc3)c(-c3ccc(C)cc3)nc2n1. The summed E-state index contributed by atoms with van der Waals surface area (Å²) in [5, 5.41) is 4.93. The Morgan fingerprint density at radius 1 is 0.710 bits per heavy atom. The van der Waals surface area contributed by atoms with Crippen molar-refractivity contribution < 1.29 is 4.74 Å². The Labute approximate surface area is 181 Å². The maximum Gasteiger partial charge on any atom is 0.251 e. The monoisotopic (exact) mass is 406 g/mol. The normalized spacial score (nSPS) is 11.1. The van der Waals surface area contributed by atoms with E-state index in [2.05, 4.69) is 62.4 Å². The number of hydrogen-bond donors (Lipinski definition) is 0. The standard InChI is InChI=1S/C26H22N4O/c1-17-8-12-19(13-9-17)24-25(20-14-10-18(2)11-15-20)29-30-16-22(27-26(30)28-24)21-6-4-5-7-23(21)31-3/h4-16H,1-3H3. The molecule has 0 bridgehead atoms. The average molecular weight is 406 g/mol. The molecule has 31 heavy (non-hydrogen) atoms. The highest BCUT2D eigenvalue weighted by molar-refractivity contribution is 5.79. The molecule has 0 radical (unpaired) electrons. The number of aromatic nitrogens is 4. The lowest BCUT2D eigenvalue weighted by Crippen LogP contribution is -2.01. The Bertz CT molecular complexity index is 1290. The second-order valence-corrected chi connectivity index (χ2v) is 7.61. The van der Waals surface area contributed by atoms with Crippen LogP contribution in [0, 0.1) is 13.8 Å². The maximum absolute atomic E-state index is 5.51. The minimum Gasteiger partial charge on any atom is -0.496 e. The first-order valence-electron chi connectivity index (χ1n) is 10.2. The predicted molar refractivity (Wildman–Crippen MR) is 123 cm³/mol. The molecule has 0 aliphatic rings. The van der Waals surface area contributed by atoms with Gasteiger partial charge in [-0.2, -0.15) is 5.10 Å². The number of aryl methyl sites for hydroxylation is 2. The van der Waals surface area contributed by atoms with E-state index < -0.39 is 0 Å². The van der Waals surface area contributed by atoms with Crippen molar-refractivity contribution in [1.82, 2.24) is 19.6 Å². The third-order valence-electron chi connectivity index (χ3n) is 5.35. The van der Waals surface area contributed by atoms with E-state index in [1.165, 1.54) is 11.1 Å². The fourth-order valence-corrected chi connectivity index (χ4v) is 3.62. The van der Waals surface area contributed by atoms with Crippen molar-refractivity contribution in [2.45, 2.75) is 13.8 Å². The highest BCUT2D eigenvalue weighted by Gasteiger charge is 2.17. The number of hydrogen-bond acceptors (Lipinski definition) is 4. The van der Waals surface area contributed by atoms with Crippen molar-refractivity contribution in [3.63, 3.8) is 0 Å². The van der Waals surface area contributed by atoms with Crippen molar-refractivity contribution in [2.24, 2.45) is 0 Å². The van der Waals surface area contributed by atoms with Gasteiger partial charge in [-0.25, -0.2) is 14.5 Å². The van der Waals surface area contributed by atoms with Gasteiger partial charge in [-0.05, 0) is 26.0 Å². The van der Waals surface area contributed by atoms with Crippen molar-refractivity contribution in [1.29, 1.82) is 0 Å². The van der Waals surface area contributed by atoms with Gasteiger partial charge < -0.3 is 4.74 Å². The van der Waals surface area contributed by atoms with Crippen LogP contribution in [-0.2, 0) is 0 Å². The number of rotatable bonds is 4. The third-order valence-corrected chi connectivity index (χ3v) is 5.35. The van der Waals surface area contributed by atoms with Crippen LogP contribution in [-0.4, -0.2) is 26.7 Å². The summed E-state index contributed by atoms with van der Waals surface area (Å²) in [5.41, 5.74) is 7.75. The zero-order chi connectivity index (χ0) is 21.4. The van der Waals surface area contributed by atoms with Gasteiger partial charge in [-0.1, -0.05) is 71.8 Å². The molecule has 0 spiro atoms. The molecule has 5 heteroatoms. The highest BCUT2D eigenvalue weighted by Crippen LogP contribution is 2.32. The first kappa shape index (κ1) is 19.0. The molecule has 0 amide bonds. The van der Waals surface area contributed by atoms with Crippen LogP contribution in [0.15, 0.2) is 79.0 Å². The number of para-hydroxylation sites is 1. The Balaban J connectivity index is 1.74. The van der Waals surface area contributed by atoms with Gasteiger partial charge in [0.1, 0.15) is 17.1 Å². The van der Waals surface area contributed by atoms with Gasteiger partial charge in [0.05, 0.1) is 19.0 Å². The predicted octanol–water partition coefficient (Wildman–Crippen LogP) is 5.75. The van der Waals surface area contributed by atoms with Gasteiger partial charge in [0.2, 0.25) is 0 Å². The summed E-state index contributed by atoms with van der Waals surface area (Å²) in [7, 11) is 1.66. The van der Waals surface area contributed by atoms with E-state index in [9.17, 15) is 0 Å². The zero-order valence-corrected chi connectivity index (χ0v) is 17.7. The quantitative estimate of drug-likeness (QED) is 0.381. The molecule has 2 aromatic heterocycles. The average Bonchev–Trinajstić information content (AvgIpc) is 3.22. The molecule has 0 unspecified atom stereocenters. The van der Waals surface area contributed by atoms with Gasteiger partial charge in [-0.3, -0.25) is 0 Å². The molecule has 0 aliphatic carbocycles.